The number of thiophene rings is 1. The van der Waals surface area contributed by atoms with Gasteiger partial charge in [0.2, 0.25) is 11.7 Å². The summed E-state index contributed by atoms with van der Waals surface area (Å²) in [6, 6.07) is 1.68. The van der Waals surface area contributed by atoms with Gasteiger partial charge in [-0.1, -0.05) is 0 Å². The van der Waals surface area contributed by atoms with Crippen LogP contribution >= 0.6 is 11.3 Å². The molecule has 116 valence electrons. The number of nitrogens with zero attached hydrogens (tertiary/aromatic N) is 4. The Hall–Kier alpha value is -2.42. The molecule has 8 nitrogen and oxygen atoms in total. The maximum atomic E-state index is 12.5. The molecule has 3 heterocycles. The van der Waals surface area contributed by atoms with Crippen molar-refractivity contribution in [3.8, 4) is 0 Å². The van der Waals surface area contributed by atoms with Gasteiger partial charge in [-0.2, -0.15) is 0 Å². The fourth-order valence-electron chi connectivity index (χ4n) is 2.31. The number of amides is 1. The molecule has 9 heteroatoms. The van der Waals surface area contributed by atoms with Crippen molar-refractivity contribution in [1.29, 1.82) is 0 Å². The lowest BCUT2D eigenvalue weighted by molar-refractivity contribution is -0.122. The first kappa shape index (κ1) is 14.5. The van der Waals surface area contributed by atoms with Crippen LogP contribution in [0.1, 0.15) is 13.8 Å². The van der Waals surface area contributed by atoms with Crippen molar-refractivity contribution in [2.75, 3.05) is 0 Å². The maximum Gasteiger partial charge on any atom is 0.352 e. The van der Waals surface area contributed by atoms with Crippen LogP contribution in [0.4, 0.5) is 0 Å². The zero-order valence-corrected chi connectivity index (χ0v) is 13.2. The average Bonchev–Trinajstić information content (AvgIpc) is 3.01. The van der Waals surface area contributed by atoms with Gasteiger partial charge >= 0.3 is 5.69 Å². The van der Waals surface area contributed by atoms with Gasteiger partial charge in [-0.05, 0) is 25.3 Å². The molecule has 0 radical (unpaired) electrons. The van der Waals surface area contributed by atoms with E-state index in [2.05, 4.69) is 10.4 Å². The third-order valence-electron chi connectivity index (χ3n) is 3.25. The monoisotopic (exact) mass is 321 g/mol. The Kier molecular flexibility index (Phi) is 3.36. The van der Waals surface area contributed by atoms with E-state index in [1.807, 2.05) is 13.8 Å². The molecule has 0 atom stereocenters. The quantitative estimate of drug-likeness (QED) is 0.731. The minimum Gasteiger partial charge on any atom is -0.352 e. The summed E-state index contributed by atoms with van der Waals surface area (Å²) in [7, 11) is 1.56. The Labute approximate surface area is 128 Å². The minimum absolute atomic E-state index is 0.0202. The lowest BCUT2D eigenvalue weighted by Gasteiger charge is -2.06. The summed E-state index contributed by atoms with van der Waals surface area (Å²) in [5.74, 6) is -0.0784. The molecule has 3 aromatic rings. The molecule has 0 saturated carbocycles. The Balaban J connectivity index is 2.21. The first-order chi connectivity index (χ1) is 10.4. The van der Waals surface area contributed by atoms with Crippen LogP contribution in [0.25, 0.3) is 16.0 Å². The highest BCUT2D eigenvalue weighted by Crippen LogP contribution is 2.16. The van der Waals surface area contributed by atoms with E-state index >= 15 is 0 Å². The number of nitrogens with one attached hydrogen (secondary N) is 1. The van der Waals surface area contributed by atoms with E-state index in [-0.39, 0.29) is 29.8 Å². The van der Waals surface area contributed by atoms with Crippen LogP contribution in [0, 0.1) is 0 Å². The first-order valence-electron chi connectivity index (χ1n) is 6.75. The molecule has 3 aromatic heterocycles. The molecule has 3 rings (SSSR count). The predicted octanol–water partition coefficient (Wildman–Crippen LogP) is -0.0660. The van der Waals surface area contributed by atoms with Gasteiger partial charge in [0.25, 0.3) is 5.56 Å². The average molecular weight is 321 g/mol. The predicted molar refractivity (Wildman–Crippen MR) is 83.4 cm³/mol. The number of hydrogen-bond donors (Lipinski definition) is 1. The van der Waals surface area contributed by atoms with Gasteiger partial charge in [0.05, 0.1) is 5.52 Å². The number of aromatic nitrogens is 4. The van der Waals surface area contributed by atoms with Crippen molar-refractivity contribution in [1.82, 2.24) is 24.1 Å². The molecule has 0 saturated heterocycles. The SMILES string of the molecule is CC(C)NC(=O)Cn1nc2n(C)c(=O)c3sccc3n2c1=O. The summed E-state index contributed by atoms with van der Waals surface area (Å²) < 4.78 is 4.24. The molecule has 22 heavy (non-hydrogen) atoms. The third kappa shape index (κ3) is 2.13. The van der Waals surface area contributed by atoms with Crippen LogP contribution in [-0.4, -0.2) is 30.7 Å². The summed E-state index contributed by atoms with van der Waals surface area (Å²) in [4.78, 5) is 36.5. The molecule has 0 bridgehead atoms. The molecular weight excluding hydrogens is 306 g/mol. The highest BCUT2D eigenvalue weighted by atomic mass is 32.1. The van der Waals surface area contributed by atoms with Gasteiger partial charge in [-0.15, -0.1) is 16.4 Å². The number of rotatable bonds is 3. The maximum absolute atomic E-state index is 12.5. The third-order valence-corrected chi connectivity index (χ3v) is 4.14. The van der Waals surface area contributed by atoms with E-state index in [1.54, 1.807) is 18.5 Å². The Morgan fingerprint density at radius 3 is 2.82 bits per heavy atom. The number of aryl methyl sites for hydroxylation is 1. The number of fused-ring (bicyclic) bond motifs is 3. The van der Waals surface area contributed by atoms with Gasteiger partial charge < -0.3 is 5.32 Å². The fraction of sp³-hybridized carbons (Fsp3) is 0.385. The molecule has 0 aliphatic heterocycles. The lowest BCUT2D eigenvalue weighted by Crippen LogP contribution is -2.36. The van der Waals surface area contributed by atoms with Crippen LogP contribution in [0.2, 0.25) is 0 Å². The summed E-state index contributed by atoms with van der Waals surface area (Å²) in [6.07, 6.45) is 0. The van der Waals surface area contributed by atoms with Crippen LogP contribution in [-0.2, 0) is 18.4 Å². The molecule has 0 aliphatic rings. The largest absolute Gasteiger partial charge is 0.352 e. The van der Waals surface area contributed by atoms with E-state index in [1.165, 1.54) is 20.3 Å². The lowest BCUT2D eigenvalue weighted by atomic mass is 10.4. The summed E-state index contributed by atoms with van der Waals surface area (Å²) in [5.41, 5.74) is -0.127. The Morgan fingerprint density at radius 1 is 1.41 bits per heavy atom. The van der Waals surface area contributed by atoms with Crippen molar-refractivity contribution in [3.05, 3.63) is 32.3 Å². The molecule has 0 aliphatic carbocycles. The molecule has 0 unspecified atom stereocenters. The van der Waals surface area contributed by atoms with Gasteiger partial charge in [0, 0.05) is 13.1 Å². The summed E-state index contributed by atoms with van der Waals surface area (Å²) in [5, 5.41) is 8.58. The smallest absolute Gasteiger partial charge is 0.352 e. The van der Waals surface area contributed by atoms with Crippen molar-refractivity contribution in [2.45, 2.75) is 26.4 Å². The van der Waals surface area contributed by atoms with Crippen molar-refractivity contribution < 1.29 is 4.79 Å². The zero-order chi connectivity index (χ0) is 16.0. The van der Waals surface area contributed by atoms with Crippen LogP contribution in [0.15, 0.2) is 21.0 Å². The highest BCUT2D eigenvalue weighted by Gasteiger charge is 2.17. The van der Waals surface area contributed by atoms with Crippen molar-refractivity contribution in [2.24, 2.45) is 7.05 Å². The van der Waals surface area contributed by atoms with E-state index in [4.69, 9.17) is 0 Å². The molecule has 0 fully saturated rings. The second-order valence-electron chi connectivity index (χ2n) is 5.30. The van der Waals surface area contributed by atoms with E-state index in [0.29, 0.717) is 10.2 Å². The number of carbonyl (C=O) groups is 1. The molecule has 1 amide bonds. The summed E-state index contributed by atoms with van der Waals surface area (Å²) in [6.45, 7) is 3.49. The number of carbonyl (C=O) groups excluding carboxylic acids is 1. The number of hydrogen-bond acceptors (Lipinski definition) is 5. The highest BCUT2D eigenvalue weighted by molar-refractivity contribution is 7.17. The summed E-state index contributed by atoms with van der Waals surface area (Å²) >= 11 is 1.27. The molecule has 1 N–H and O–H groups in total. The van der Waals surface area contributed by atoms with E-state index in [9.17, 15) is 14.4 Å². The fourth-order valence-corrected chi connectivity index (χ4v) is 3.16. The second-order valence-corrected chi connectivity index (χ2v) is 6.21. The molecule has 0 spiro atoms. The van der Waals surface area contributed by atoms with Crippen LogP contribution in [0.5, 0.6) is 0 Å². The normalized spacial score (nSPS) is 11.6. The molecule has 0 aromatic carbocycles. The standard InChI is InChI=1S/C13H15N5O3S/c1-7(2)14-9(19)6-17-13(21)18-8-4-5-22-10(8)11(20)16(3)12(18)15-17/h4-5,7H,6H2,1-3H3,(H,14,19). The molecular formula is C13H15N5O3S. The Morgan fingerprint density at radius 2 is 2.14 bits per heavy atom. The van der Waals surface area contributed by atoms with Gasteiger partial charge in [-0.3, -0.25) is 14.2 Å². The second kappa shape index (κ2) is 5.09. The van der Waals surface area contributed by atoms with Gasteiger partial charge in [0.1, 0.15) is 11.2 Å². The zero-order valence-electron chi connectivity index (χ0n) is 12.4. The topological polar surface area (TPSA) is 90.4 Å². The van der Waals surface area contributed by atoms with Gasteiger partial charge in [0.15, 0.2) is 0 Å². The minimum atomic E-state index is -0.437. The van der Waals surface area contributed by atoms with Crippen molar-refractivity contribution in [3.63, 3.8) is 0 Å². The Bertz CT molecular complexity index is 991. The van der Waals surface area contributed by atoms with Crippen molar-refractivity contribution >= 4 is 33.2 Å². The van der Waals surface area contributed by atoms with Gasteiger partial charge in [-0.25, -0.2) is 13.9 Å². The van der Waals surface area contributed by atoms with E-state index in [0.717, 1.165) is 4.68 Å². The van der Waals surface area contributed by atoms with Crippen LogP contribution in [0.3, 0.4) is 0 Å². The first-order valence-corrected chi connectivity index (χ1v) is 7.63. The van der Waals surface area contributed by atoms with Crippen LogP contribution < -0.4 is 16.6 Å². The van der Waals surface area contributed by atoms with E-state index < -0.39 is 5.69 Å².